The van der Waals surface area contributed by atoms with Crippen molar-refractivity contribution in [2.24, 2.45) is 5.73 Å². The number of hydrogen-bond acceptors (Lipinski definition) is 3. The van der Waals surface area contributed by atoms with Gasteiger partial charge in [-0.2, -0.15) is 0 Å². The molecule has 12 heavy (non-hydrogen) atoms. The monoisotopic (exact) mass is 178 g/mol. The number of amides is 1. The molecule has 0 aromatic carbocycles. The zero-order chi connectivity index (χ0) is 8.55. The van der Waals surface area contributed by atoms with Crippen LogP contribution in [0.2, 0.25) is 0 Å². The Morgan fingerprint density at radius 1 is 1.58 bits per heavy atom. The zero-order valence-electron chi connectivity index (χ0n) is 6.15. The Morgan fingerprint density at radius 3 is 3.17 bits per heavy atom. The van der Waals surface area contributed by atoms with Gasteiger partial charge in [0.15, 0.2) is 0 Å². The van der Waals surface area contributed by atoms with E-state index in [1.807, 2.05) is 11.4 Å². The molecule has 60 valence electrons. The molecule has 0 unspecified atom stereocenters. The van der Waals surface area contributed by atoms with E-state index < -0.39 is 5.91 Å². The first-order valence-electron chi connectivity index (χ1n) is 3.40. The second-order valence-corrected chi connectivity index (χ2v) is 3.34. The predicted octanol–water partition coefficient (Wildman–Crippen LogP) is 1.40. The average molecular weight is 178 g/mol. The first-order chi connectivity index (χ1) is 5.77. The van der Waals surface area contributed by atoms with E-state index in [9.17, 15) is 4.79 Å². The van der Waals surface area contributed by atoms with Crippen molar-refractivity contribution in [2.45, 2.75) is 0 Å². The van der Waals surface area contributed by atoms with Gasteiger partial charge < -0.3 is 5.73 Å². The van der Waals surface area contributed by atoms with Gasteiger partial charge in [-0.05, 0) is 17.5 Å². The number of aromatic nitrogens is 1. The molecule has 1 amide bonds. The van der Waals surface area contributed by atoms with Gasteiger partial charge in [0.25, 0.3) is 0 Å². The molecule has 0 fully saturated rings. The molecule has 0 radical (unpaired) electrons. The highest BCUT2D eigenvalue weighted by atomic mass is 32.1. The highest BCUT2D eigenvalue weighted by Crippen LogP contribution is 2.18. The van der Waals surface area contributed by atoms with Crippen molar-refractivity contribution in [1.82, 2.24) is 4.98 Å². The average Bonchev–Trinajstić information content (AvgIpc) is 2.49. The van der Waals surface area contributed by atoms with E-state index in [1.165, 1.54) is 6.20 Å². The number of thiophene rings is 1. The van der Waals surface area contributed by atoms with Crippen LogP contribution in [-0.4, -0.2) is 10.9 Å². The third kappa shape index (κ3) is 1.06. The zero-order valence-corrected chi connectivity index (χ0v) is 6.97. The molecular weight excluding hydrogens is 172 g/mol. The fourth-order valence-corrected chi connectivity index (χ4v) is 1.76. The Morgan fingerprint density at radius 2 is 2.42 bits per heavy atom. The maximum Gasteiger partial charge on any atom is 0.250 e. The van der Waals surface area contributed by atoms with Gasteiger partial charge in [0.05, 0.1) is 15.8 Å². The molecule has 0 atom stereocenters. The van der Waals surface area contributed by atoms with E-state index >= 15 is 0 Å². The number of nitrogens with two attached hydrogens (primary N) is 1. The van der Waals surface area contributed by atoms with Crippen LogP contribution in [-0.2, 0) is 0 Å². The molecule has 0 aliphatic carbocycles. The van der Waals surface area contributed by atoms with Crippen molar-refractivity contribution in [3.8, 4) is 0 Å². The summed E-state index contributed by atoms with van der Waals surface area (Å²) in [5.41, 5.74) is 6.47. The van der Waals surface area contributed by atoms with Crippen molar-refractivity contribution in [1.29, 1.82) is 0 Å². The Kier molecular flexibility index (Phi) is 1.55. The van der Waals surface area contributed by atoms with Crippen LogP contribution >= 0.6 is 11.3 Å². The Labute approximate surface area is 72.8 Å². The van der Waals surface area contributed by atoms with Gasteiger partial charge in [0.1, 0.15) is 0 Å². The maximum atomic E-state index is 10.8. The third-order valence-electron chi connectivity index (χ3n) is 1.59. The largest absolute Gasteiger partial charge is 0.366 e. The van der Waals surface area contributed by atoms with Crippen LogP contribution in [0.25, 0.3) is 10.2 Å². The van der Waals surface area contributed by atoms with Crippen molar-refractivity contribution in [3.63, 3.8) is 0 Å². The fraction of sp³-hybridized carbons (Fsp3) is 0. The van der Waals surface area contributed by atoms with Gasteiger partial charge in [-0.15, -0.1) is 11.3 Å². The Bertz CT molecular complexity index is 435. The molecule has 2 rings (SSSR count). The number of pyridine rings is 1. The lowest BCUT2D eigenvalue weighted by molar-refractivity contribution is 0.1000. The predicted molar refractivity (Wildman–Crippen MR) is 48.1 cm³/mol. The molecule has 4 heteroatoms. The molecule has 0 aliphatic heterocycles. The summed E-state index contributed by atoms with van der Waals surface area (Å²) in [6, 6.07) is 3.67. The van der Waals surface area contributed by atoms with E-state index in [0.717, 1.165) is 10.2 Å². The SMILES string of the molecule is NC(=O)c1cnc2ccsc2c1. The molecule has 0 aliphatic rings. The van der Waals surface area contributed by atoms with Crippen LogP contribution in [0.15, 0.2) is 23.7 Å². The van der Waals surface area contributed by atoms with Gasteiger partial charge in [0.2, 0.25) is 5.91 Å². The molecular formula is C8H6N2OS. The molecule has 0 bridgehead atoms. The van der Waals surface area contributed by atoms with E-state index in [2.05, 4.69) is 4.98 Å². The first-order valence-corrected chi connectivity index (χ1v) is 4.28. The number of nitrogens with zero attached hydrogens (tertiary/aromatic N) is 1. The second kappa shape index (κ2) is 2.57. The summed E-state index contributed by atoms with van der Waals surface area (Å²) >= 11 is 1.55. The summed E-state index contributed by atoms with van der Waals surface area (Å²) in [7, 11) is 0. The lowest BCUT2D eigenvalue weighted by atomic mass is 10.2. The van der Waals surface area contributed by atoms with E-state index in [-0.39, 0.29) is 0 Å². The normalized spacial score (nSPS) is 10.3. The fourth-order valence-electron chi connectivity index (χ4n) is 0.981. The smallest absolute Gasteiger partial charge is 0.250 e. The van der Waals surface area contributed by atoms with Crippen molar-refractivity contribution in [2.75, 3.05) is 0 Å². The van der Waals surface area contributed by atoms with Gasteiger partial charge in [-0.25, -0.2) is 0 Å². The number of rotatable bonds is 1. The molecule has 0 saturated heterocycles. The van der Waals surface area contributed by atoms with Crippen LogP contribution in [0.5, 0.6) is 0 Å². The lowest BCUT2D eigenvalue weighted by Gasteiger charge is -1.93. The number of fused-ring (bicyclic) bond motifs is 1. The minimum Gasteiger partial charge on any atom is -0.366 e. The highest BCUT2D eigenvalue weighted by Gasteiger charge is 2.02. The Balaban J connectivity index is 2.68. The van der Waals surface area contributed by atoms with Crippen molar-refractivity contribution in [3.05, 3.63) is 29.3 Å². The van der Waals surface area contributed by atoms with Crippen LogP contribution < -0.4 is 5.73 Å². The summed E-state index contributed by atoms with van der Waals surface area (Å²) in [6.07, 6.45) is 1.50. The topological polar surface area (TPSA) is 56.0 Å². The van der Waals surface area contributed by atoms with E-state index in [1.54, 1.807) is 17.4 Å². The number of hydrogen-bond donors (Lipinski definition) is 1. The first kappa shape index (κ1) is 7.24. The van der Waals surface area contributed by atoms with Crippen LogP contribution in [0.1, 0.15) is 10.4 Å². The highest BCUT2D eigenvalue weighted by molar-refractivity contribution is 7.17. The number of carbonyl (C=O) groups is 1. The molecule has 2 aromatic heterocycles. The molecule has 2 aromatic rings. The van der Waals surface area contributed by atoms with E-state index in [0.29, 0.717) is 5.56 Å². The lowest BCUT2D eigenvalue weighted by Crippen LogP contribution is -2.10. The standard InChI is InChI=1S/C8H6N2OS/c9-8(11)5-3-7-6(10-4-5)1-2-12-7/h1-4H,(H2,9,11). The second-order valence-electron chi connectivity index (χ2n) is 2.39. The minimum absolute atomic E-state index is 0.433. The van der Waals surface area contributed by atoms with Crippen molar-refractivity contribution >= 4 is 27.5 Å². The summed E-state index contributed by atoms with van der Waals surface area (Å²) in [5, 5.41) is 1.93. The van der Waals surface area contributed by atoms with Gasteiger partial charge in [0, 0.05) is 6.20 Å². The number of carbonyl (C=O) groups excluding carboxylic acids is 1. The number of primary amides is 1. The molecule has 3 nitrogen and oxygen atoms in total. The van der Waals surface area contributed by atoms with Gasteiger partial charge >= 0.3 is 0 Å². The minimum atomic E-state index is -0.433. The summed E-state index contributed by atoms with van der Waals surface area (Å²) < 4.78 is 0.992. The molecule has 0 saturated carbocycles. The molecule has 2 N–H and O–H groups in total. The van der Waals surface area contributed by atoms with Crippen LogP contribution in [0, 0.1) is 0 Å². The van der Waals surface area contributed by atoms with E-state index in [4.69, 9.17) is 5.73 Å². The van der Waals surface area contributed by atoms with Gasteiger partial charge in [-0.3, -0.25) is 9.78 Å². The van der Waals surface area contributed by atoms with Gasteiger partial charge in [-0.1, -0.05) is 0 Å². The van der Waals surface area contributed by atoms with Crippen LogP contribution in [0.3, 0.4) is 0 Å². The van der Waals surface area contributed by atoms with Crippen LogP contribution in [0.4, 0.5) is 0 Å². The molecule has 2 heterocycles. The summed E-state index contributed by atoms with van der Waals surface area (Å²) in [4.78, 5) is 14.8. The summed E-state index contributed by atoms with van der Waals surface area (Å²) in [5.74, 6) is -0.433. The molecule has 0 spiro atoms. The maximum absolute atomic E-state index is 10.8. The van der Waals surface area contributed by atoms with Crippen molar-refractivity contribution < 1.29 is 4.79 Å². The quantitative estimate of drug-likeness (QED) is 0.717. The summed E-state index contributed by atoms with van der Waals surface area (Å²) in [6.45, 7) is 0. The third-order valence-corrected chi connectivity index (χ3v) is 2.44. The Hall–Kier alpha value is -1.42.